The van der Waals surface area contributed by atoms with E-state index in [2.05, 4.69) is 30.1 Å². The number of hydrogen-bond acceptors (Lipinski definition) is 9. The molecule has 0 aliphatic carbocycles. The number of hydrogen-bond donors (Lipinski definition) is 3. The summed E-state index contributed by atoms with van der Waals surface area (Å²) in [7, 11) is -3.90. The van der Waals surface area contributed by atoms with Crippen molar-refractivity contribution in [1.29, 1.82) is 0 Å². The number of fused-ring (bicyclic) bond motifs is 1. The first-order chi connectivity index (χ1) is 18.7. The number of esters is 1. The third-order valence-corrected chi connectivity index (χ3v) is 6.98. The molecule has 5 rings (SSSR count). The second kappa shape index (κ2) is 10.4. The number of aromatic nitrogens is 4. The molecule has 1 unspecified atom stereocenters. The Morgan fingerprint density at radius 3 is 2.56 bits per heavy atom. The number of anilines is 2. The number of nitrogens with one attached hydrogen (secondary N) is 3. The molecular weight excluding hydrogens is 524 g/mol. The zero-order chi connectivity index (χ0) is 27.6. The minimum absolute atomic E-state index is 0.0403. The number of pyridine rings is 1. The third-order valence-electron chi connectivity index (χ3n) is 5.60. The minimum atomic E-state index is -3.90. The highest BCUT2D eigenvalue weighted by atomic mass is 32.2. The van der Waals surface area contributed by atoms with Gasteiger partial charge < -0.3 is 19.6 Å². The lowest BCUT2D eigenvalue weighted by Crippen LogP contribution is -2.30. The predicted molar refractivity (Wildman–Crippen MR) is 141 cm³/mol. The number of rotatable bonds is 8. The first-order valence-electron chi connectivity index (χ1n) is 11.7. The van der Waals surface area contributed by atoms with Crippen molar-refractivity contribution in [1.82, 2.24) is 20.1 Å². The standard InChI is InChI=1S/C26H22N6O6S/c1-15-12-23(31-38-15)32-39(35,36)20-8-6-19(7-9-20)28-25(33)16(2)37-26(34)17-5-10-21-22(13-17)30-24(29-21)18-4-3-11-27-14-18/h3-14,16H,1-2H3,(H,28,33)(H,29,30)(H,31,32). The minimum Gasteiger partial charge on any atom is -0.449 e. The quantitative estimate of drug-likeness (QED) is 0.244. The van der Waals surface area contributed by atoms with Gasteiger partial charge in [-0.25, -0.2) is 18.2 Å². The molecule has 1 amide bonds. The number of ether oxygens (including phenoxy) is 1. The molecule has 39 heavy (non-hydrogen) atoms. The normalized spacial score (nSPS) is 12.2. The van der Waals surface area contributed by atoms with Crippen molar-refractivity contribution in [2.75, 3.05) is 10.0 Å². The fourth-order valence-corrected chi connectivity index (χ4v) is 4.61. The molecule has 3 aromatic heterocycles. The van der Waals surface area contributed by atoms with Crippen LogP contribution in [0.4, 0.5) is 11.5 Å². The van der Waals surface area contributed by atoms with E-state index in [1.165, 1.54) is 37.3 Å². The number of carbonyl (C=O) groups excluding carboxylic acids is 2. The Morgan fingerprint density at radius 1 is 1.08 bits per heavy atom. The molecule has 12 nitrogen and oxygen atoms in total. The van der Waals surface area contributed by atoms with Crippen molar-refractivity contribution in [3.63, 3.8) is 0 Å². The average Bonchev–Trinajstić information content (AvgIpc) is 3.54. The first kappa shape index (κ1) is 25.6. The van der Waals surface area contributed by atoms with Gasteiger partial charge in [0.15, 0.2) is 11.9 Å². The molecule has 0 saturated carbocycles. The molecule has 0 fully saturated rings. The Labute approximate surface area is 222 Å². The van der Waals surface area contributed by atoms with E-state index in [1.807, 2.05) is 6.07 Å². The van der Waals surface area contributed by atoms with Crippen molar-refractivity contribution in [3.05, 3.63) is 84.4 Å². The van der Waals surface area contributed by atoms with Crippen LogP contribution >= 0.6 is 0 Å². The average molecular weight is 547 g/mol. The molecule has 0 saturated heterocycles. The number of amides is 1. The number of sulfonamides is 1. The molecular formula is C26H22N6O6S. The Morgan fingerprint density at radius 2 is 1.87 bits per heavy atom. The lowest BCUT2D eigenvalue weighted by molar-refractivity contribution is -0.123. The van der Waals surface area contributed by atoms with Crippen LogP contribution < -0.4 is 10.0 Å². The third kappa shape index (κ3) is 5.78. The van der Waals surface area contributed by atoms with Gasteiger partial charge in [0.2, 0.25) is 0 Å². The van der Waals surface area contributed by atoms with Gasteiger partial charge in [0.1, 0.15) is 11.6 Å². The summed E-state index contributed by atoms with van der Waals surface area (Å²) in [5.74, 6) is -0.151. The van der Waals surface area contributed by atoms with Gasteiger partial charge in [-0.05, 0) is 68.4 Å². The molecule has 0 bridgehead atoms. The molecule has 13 heteroatoms. The summed E-state index contributed by atoms with van der Waals surface area (Å²) in [5.41, 5.74) is 2.65. The zero-order valence-corrected chi connectivity index (χ0v) is 21.5. The van der Waals surface area contributed by atoms with Gasteiger partial charge in [-0.15, -0.1) is 0 Å². The van der Waals surface area contributed by atoms with Crippen LogP contribution in [0, 0.1) is 6.92 Å². The highest BCUT2D eigenvalue weighted by Gasteiger charge is 2.21. The van der Waals surface area contributed by atoms with Crippen LogP contribution in [0.3, 0.4) is 0 Å². The number of imidazole rings is 1. The van der Waals surface area contributed by atoms with Gasteiger partial charge in [0.25, 0.3) is 15.9 Å². The number of H-pyrrole nitrogens is 1. The summed E-state index contributed by atoms with van der Waals surface area (Å²) in [6, 6.07) is 15.4. The van der Waals surface area contributed by atoms with Crippen LogP contribution in [-0.4, -0.2) is 46.5 Å². The number of aryl methyl sites for hydroxylation is 1. The molecule has 3 N–H and O–H groups in total. The van der Waals surface area contributed by atoms with Crippen LogP contribution in [0.2, 0.25) is 0 Å². The predicted octanol–water partition coefficient (Wildman–Crippen LogP) is 3.91. The van der Waals surface area contributed by atoms with Gasteiger partial charge in [-0.3, -0.25) is 14.5 Å². The summed E-state index contributed by atoms with van der Waals surface area (Å²) in [4.78, 5) is 37.0. The number of carbonyl (C=O) groups is 2. The summed E-state index contributed by atoms with van der Waals surface area (Å²) < 4.78 is 37.5. The monoisotopic (exact) mass is 546 g/mol. The van der Waals surface area contributed by atoms with Gasteiger partial charge >= 0.3 is 5.97 Å². The van der Waals surface area contributed by atoms with Gasteiger partial charge in [-0.1, -0.05) is 5.16 Å². The van der Waals surface area contributed by atoms with Crippen molar-refractivity contribution in [2.45, 2.75) is 24.8 Å². The van der Waals surface area contributed by atoms with Crippen molar-refractivity contribution in [3.8, 4) is 11.4 Å². The smallest absolute Gasteiger partial charge is 0.338 e. The summed E-state index contributed by atoms with van der Waals surface area (Å²) in [6.45, 7) is 3.07. The fraction of sp³-hybridized carbons (Fsp3) is 0.115. The van der Waals surface area contributed by atoms with Crippen molar-refractivity contribution >= 4 is 44.4 Å². The molecule has 3 heterocycles. The lowest BCUT2D eigenvalue weighted by Gasteiger charge is -2.14. The maximum Gasteiger partial charge on any atom is 0.338 e. The van der Waals surface area contributed by atoms with Gasteiger partial charge in [0, 0.05) is 29.7 Å². The Hall–Kier alpha value is -5.04. The Kier molecular flexibility index (Phi) is 6.81. The van der Waals surface area contributed by atoms with Crippen LogP contribution in [0.5, 0.6) is 0 Å². The van der Waals surface area contributed by atoms with Gasteiger partial charge in [0.05, 0.1) is 21.5 Å². The summed E-state index contributed by atoms with van der Waals surface area (Å²) >= 11 is 0. The van der Waals surface area contributed by atoms with E-state index in [0.29, 0.717) is 28.3 Å². The number of nitrogens with zero attached hydrogens (tertiary/aromatic N) is 3. The van der Waals surface area contributed by atoms with E-state index >= 15 is 0 Å². The molecule has 5 aromatic rings. The number of aromatic amines is 1. The van der Waals surface area contributed by atoms with E-state index in [9.17, 15) is 18.0 Å². The molecule has 0 aliphatic rings. The van der Waals surface area contributed by atoms with E-state index in [0.717, 1.165) is 5.56 Å². The van der Waals surface area contributed by atoms with Crippen LogP contribution in [0.15, 0.2) is 82.5 Å². The van der Waals surface area contributed by atoms with E-state index in [-0.39, 0.29) is 16.3 Å². The highest BCUT2D eigenvalue weighted by molar-refractivity contribution is 7.92. The highest BCUT2D eigenvalue weighted by Crippen LogP contribution is 2.22. The van der Waals surface area contributed by atoms with E-state index in [4.69, 9.17) is 9.26 Å². The largest absolute Gasteiger partial charge is 0.449 e. The molecule has 0 radical (unpaired) electrons. The summed E-state index contributed by atoms with van der Waals surface area (Å²) in [5, 5.41) is 6.21. The number of benzene rings is 2. The molecule has 1 atom stereocenters. The molecule has 0 spiro atoms. The fourth-order valence-electron chi connectivity index (χ4n) is 3.63. The van der Waals surface area contributed by atoms with Crippen molar-refractivity contribution < 1.29 is 27.3 Å². The topological polar surface area (TPSA) is 169 Å². The molecule has 198 valence electrons. The lowest BCUT2D eigenvalue weighted by atomic mass is 10.2. The van der Waals surface area contributed by atoms with Gasteiger partial charge in [-0.2, -0.15) is 0 Å². The van der Waals surface area contributed by atoms with Crippen LogP contribution in [0.25, 0.3) is 22.4 Å². The Bertz CT molecular complexity index is 1760. The zero-order valence-electron chi connectivity index (χ0n) is 20.7. The maximum atomic E-state index is 12.7. The maximum absolute atomic E-state index is 12.7. The summed E-state index contributed by atoms with van der Waals surface area (Å²) in [6.07, 6.45) is 2.22. The van der Waals surface area contributed by atoms with E-state index in [1.54, 1.807) is 43.6 Å². The second-order valence-electron chi connectivity index (χ2n) is 8.55. The van der Waals surface area contributed by atoms with Crippen LogP contribution in [-0.2, 0) is 19.6 Å². The van der Waals surface area contributed by atoms with Crippen molar-refractivity contribution in [2.24, 2.45) is 0 Å². The SMILES string of the molecule is Cc1cc(NS(=O)(=O)c2ccc(NC(=O)C(C)OC(=O)c3ccc4nc(-c5cccnc5)[nH]c4c3)cc2)no1. The molecule has 0 aliphatic heterocycles. The first-order valence-corrected chi connectivity index (χ1v) is 13.1. The van der Waals surface area contributed by atoms with E-state index < -0.39 is 28.0 Å². The van der Waals surface area contributed by atoms with Crippen LogP contribution in [0.1, 0.15) is 23.0 Å². The molecule has 2 aromatic carbocycles. The Balaban J connectivity index is 1.20. The second-order valence-corrected chi connectivity index (χ2v) is 10.2.